The summed E-state index contributed by atoms with van der Waals surface area (Å²) in [6, 6.07) is 3.51. The van der Waals surface area contributed by atoms with Gasteiger partial charge in [0.2, 0.25) is 5.13 Å². The van der Waals surface area contributed by atoms with Gasteiger partial charge in [0.05, 0.1) is 11.6 Å². The minimum Gasteiger partial charge on any atom is -0.362 e. The van der Waals surface area contributed by atoms with Gasteiger partial charge in [0.15, 0.2) is 0 Å². The number of rotatable bonds is 2. The number of aromatic nitrogens is 2. The summed E-state index contributed by atoms with van der Waals surface area (Å²) in [5.74, 6) is -1.05. The smallest absolute Gasteiger partial charge is 0.362 e. The van der Waals surface area contributed by atoms with Crippen molar-refractivity contribution in [2.24, 2.45) is 11.0 Å². The lowest BCUT2D eigenvalue weighted by atomic mass is 9.87. The molecule has 1 aliphatic heterocycles. The van der Waals surface area contributed by atoms with Gasteiger partial charge in [0.1, 0.15) is 0 Å². The number of hydrogen-bond donors (Lipinski definition) is 1. The van der Waals surface area contributed by atoms with E-state index in [-0.39, 0.29) is 11.6 Å². The highest BCUT2D eigenvalue weighted by molar-refractivity contribution is 7.14. The lowest BCUT2D eigenvalue weighted by Crippen LogP contribution is -2.60. The number of fused-ring (bicyclic) bond motifs is 1. The molecule has 0 saturated heterocycles. The van der Waals surface area contributed by atoms with E-state index in [1.54, 1.807) is 29.9 Å². The Morgan fingerprint density at radius 1 is 1.27 bits per heavy atom. The second-order valence-corrected chi connectivity index (χ2v) is 7.37. The van der Waals surface area contributed by atoms with E-state index in [0.29, 0.717) is 34.8 Å². The van der Waals surface area contributed by atoms with Crippen LogP contribution < -0.4 is 5.01 Å². The molecular weight excluding hydrogens is 365 g/mol. The number of alkyl halides is 3. The third kappa shape index (κ3) is 2.69. The summed E-state index contributed by atoms with van der Waals surface area (Å²) in [6.07, 6.45) is 1.39. The summed E-state index contributed by atoms with van der Waals surface area (Å²) in [7, 11) is 0. The van der Waals surface area contributed by atoms with Crippen molar-refractivity contribution in [2.75, 3.05) is 5.01 Å². The number of thiazole rings is 1. The van der Waals surface area contributed by atoms with Crippen LogP contribution in [0, 0.1) is 5.92 Å². The van der Waals surface area contributed by atoms with Gasteiger partial charge in [0, 0.05) is 29.0 Å². The van der Waals surface area contributed by atoms with Gasteiger partial charge in [-0.2, -0.15) is 23.3 Å². The van der Waals surface area contributed by atoms with E-state index in [2.05, 4.69) is 15.1 Å². The van der Waals surface area contributed by atoms with Gasteiger partial charge < -0.3 is 5.11 Å². The normalized spacial score (nSPS) is 26.4. The van der Waals surface area contributed by atoms with Crippen LogP contribution in [0.4, 0.5) is 18.3 Å². The van der Waals surface area contributed by atoms with Crippen molar-refractivity contribution in [3.63, 3.8) is 0 Å². The van der Waals surface area contributed by atoms with Gasteiger partial charge in [-0.3, -0.25) is 4.98 Å². The van der Waals surface area contributed by atoms with Crippen LogP contribution in [0.25, 0.3) is 11.3 Å². The van der Waals surface area contributed by atoms with E-state index in [9.17, 15) is 18.3 Å². The van der Waals surface area contributed by atoms with E-state index < -0.39 is 17.8 Å². The quantitative estimate of drug-likeness (QED) is 0.845. The molecule has 0 amide bonds. The van der Waals surface area contributed by atoms with Gasteiger partial charge >= 0.3 is 6.18 Å². The highest BCUT2D eigenvalue weighted by Gasteiger charge is 2.67. The van der Waals surface area contributed by atoms with Crippen LogP contribution in [-0.4, -0.2) is 32.7 Å². The largest absolute Gasteiger partial charge is 0.439 e. The molecule has 0 bridgehead atoms. The Balaban J connectivity index is 1.76. The number of hydrazone groups is 1. The van der Waals surface area contributed by atoms with Crippen molar-refractivity contribution in [3.8, 4) is 11.3 Å². The van der Waals surface area contributed by atoms with Crippen molar-refractivity contribution < 1.29 is 18.3 Å². The van der Waals surface area contributed by atoms with Crippen molar-refractivity contribution >= 4 is 22.2 Å². The molecule has 138 valence electrons. The fraction of sp³-hybridized carbons (Fsp3) is 0.471. The van der Waals surface area contributed by atoms with E-state index in [4.69, 9.17) is 0 Å². The topological polar surface area (TPSA) is 61.6 Å². The van der Waals surface area contributed by atoms with Crippen LogP contribution in [0.15, 0.2) is 35.0 Å². The summed E-state index contributed by atoms with van der Waals surface area (Å²) in [5, 5.41) is 17.3. The van der Waals surface area contributed by atoms with Gasteiger partial charge in [-0.25, -0.2) is 4.98 Å². The molecule has 4 rings (SSSR count). The standard InChI is InChI=1S/C17H17F3N4OS/c18-17(19,20)16(25)12-6-2-1-3-7-13(12)23-24(16)15-22-14(10-26-15)11-5-4-8-21-9-11/h4-5,8-10,12,25H,1-3,6-7H2/t12-,16+/m1/s1. The molecule has 2 aromatic heterocycles. The average Bonchev–Trinajstić information content (AvgIpc) is 3.12. The van der Waals surface area contributed by atoms with Gasteiger partial charge in [0.25, 0.3) is 5.72 Å². The molecule has 5 nitrogen and oxygen atoms in total. The van der Waals surface area contributed by atoms with Crippen LogP contribution in [0.3, 0.4) is 0 Å². The highest BCUT2D eigenvalue weighted by atomic mass is 32.1. The Bertz CT molecular complexity index is 823. The SMILES string of the molecule is O[C@]1(C(F)(F)F)[C@@H]2CCCCCC2=NN1c1nc(-c2cccnc2)cs1. The number of anilines is 1. The molecule has 1 saturated carbocycles. The maximum absolute atomic E-state index is 13.9. The Hall–Kier alpha value is -2.00. The maximum Gasteiger partial charge on any atom is 0.439 e. The fourth-order valence-corrected chi connectivity index (χ4v) is 4.43. The molecule has 0 radical (unpaired) electrons. The summed E-state index contributed by atoms with van der Waals surface area (Å²) in [4.78, 5) is 8.29. The van der Waals surface area contributed by atoms with Crippen LogP contribution >= 0.6 is 11.3 Å². The molecule has 1 aliphatic carbocycles. The Morgan fingerprint density at radius 3 is 2.85 bits per heavy atom. The second kappa shape index (κ2) is 6.31. The Kier molecular flexibility index (Phi) is 4.23. The summed E-state index contributed by atoms with van der Waals surface area (Å²) < 4.78 is 41.7. The van der Waals surface area contributed by atoms with Crippen LogP contribution in [0.1, 0.15) is 32.1 Å². The van der Waals surface area contributed by atoms with Crippen LogP contribution in [0.5, 0.6) is 0 Å². The minimum atomic E-state index is -4.84. The summed E-state index contributed by atoms with van der Waals surface area (Å²) >= 11 is 1.03. The molecule has 9 heteroatoms. The molecule has 1 N–H and O–H groups in total. The molecule has 3 heterocycles. The van der Waals surface area contributed by atoms with Crippen molar-refractivity contribution in [3.05, 3.63) is 29.9 Å². The van der Waals surface area contributed by atoms with E-state index in [1.165, 1.54) is 0 Å². The van der Waals surface area contributed by atoms with E-state index in [0.717, 1.165) is 24.2 Å². The van der Waals surface area contributed by atoms with Crippen molar-refractivity contribution in [1.29, 1.82) is 0 Å². The number of nitrogens with zero attached hydrogens (tertiary/aromatic N) is 4. The monoisotopic (exact) mass is 382 g/mol. The second-order valence-electron chi connectivity index (χ2n) is 6.54. The van der Waals surface area contributed by atoms with E-state index in [1.807, 2.05) is 0 Å². The van der Waals surface area contributed by atoms with Crippen LogP contribution in [0.2, 0.25) is 0 Å². The predicted octanol–water partition coefficient (Wildman–Crippen LogP) is 4.21. The first kappa shape index (κ1) is 17.4. The molecule has 26 heavy (non-hydrogen) atoms. The summed E-state index contributed by atoms with van der Waals surface area (Å²) in [6.45, 7) is 0. The van der Waals surface area contributed by atoms with Crippen molar-refractivity contribution in [2.45, 2.75) is 44.0 Å². The number of halogens is 3. The van der Waals surface area contributed by atoms with Gasteiger partial charge in [-0.15, -0.1) is 11.3 Å². The zero-order valence-electron chi connectivity index (χ0n) is 13.8. The van der Waals surface area contributed by atoms with E-state index >= 15 is 0 Å². The first-order valence-corrected chi connectivity index (χ1v) is 9.32. The zero-order valence-corrected chi connectivity index (χ0v) is 14.6. The molecule has 0 spiro atoms. The highest BCUT2D eigenvalue weighted by Crippen LogP contribution is 2.49. The molecule has 2 aromatic rings. The Morgan fingerprint density at radius 2 is 2.12 bits per heavy atom. The first-order valence-electron chi connectivity index (χ1n) is 8.44. The molecular formula is C17H17F3N4OS. The van der Waals surface area contributed by atoms with Crippen molar-refractivity contribution in [1.82, 2.24) is 9.97 Å². The maximum atomic E-state index is 13.9. The van der Waals surface area contributed by atoms with Crippen LogP contribution in [-0.2, 0) is 0 Å². The molecule has 0 aromatic carbocycles. The fourth-order valence-electron chi connectivity index (χ4n) is 3.59. The third-order valence-corrected chi connectivity index (χ3v) is 5.73. The number of pyridine rings is 1. The first-order chi connectivity index (χ1) is 12.4. The number of hydrogen-bond acceptors (Lipinski definition) is 6. The molecule has 1 fully saturated rings. The minimum absolute atomic E-state index is 0.0317. The molecule has 2 atom stereocenters. The van der Waals surface area contributed by atoms with Gasteiger partial charge in [-0.1, -0.05) is 12.8 Å². The lowest BCUT2D eigenvalue weighted by Gasteiger charge is -2.37. The predicted molar refractivity (Wildman–Crippen MR) is 92.8 cm³/mol. The summed E-state index contributed by atoms with van der Waals surface area (Å²) in [5.41, 5.74) is -1.42. The van der Waals surface area contributed by atoms with Gasteiger partial charge in [-0.05, 0) is 31.4 Å². The zero-order chi connectivity index (χ0) is 18.4. The lowest BCUT2D eigenvalue weighted by molar-refractivity contribution is -0.268. The third-order valence-electron chi connectivity index (χ3n) is 4.91. The Labute approximate surface area is 152 Å². The average molecular weight is 382 g/mol. The molecule has 2 aliphatic rings. The number of aliphatic hydroxyl groups is 1. The molecule has 0 unspecified atom stereocenters.